The van der Waals surface area contributed by atoms with Crippen LogP contribution >= 0.6 is 11.6 Å². The van der Waals surface area contributed by atoms with E-state index >= 15 is 0 Å². The normalized spacial score (nSPS) is 30.9. The van der Waals surface area contributed by atoms with Crippen LogP contribution in [0.1, 0.15) is 56.9 Å². The average molecular weight is 456 g/mol. The number of aliphatic imine (C=N–C) groups is 1. The molecule has 1 saturated carbocycles. The summed E-state index contributed by atoms with van der Waals surface area (Å²) in [6.07, 6.45) is 10.2. The van der Waals surface area contributed by atoms with Gasteiger partial charge in [0.2, 0.25) is 0 Å². The Balaban J connectivity index is 1.43. The number of nitriles is 1. The molecule has 1 aromatic rings. The average Bonchev–Trinajstić information content (AvgIpc) is 3.43. The molecule has 1 aromatic heterocycles. The van der Waals surface area contributed by atoms with Gasteiger partial charge in [-0.25, -0.2) is 4.99 Å². The van der Waals surface area contributed by atoms with Crippen molar-refractivity contribution in [3.63, 3.8) is 0 Å². The van der Waals surface area contributed by atoms with Crippen molar-refractivity contribution in [2.24, 2.45) is 21.7 Å². The number of hydrogen-bond acceptors (Lipinski definition) is 5. The highest BCUT2D eigenvalue weighted by Gasteiger charge is 2.63. The maximum atomic E-state index is 12.7. The van der Waals surface area contributed by atoms with Crippen molar-refractivity contribution in [2.75, 3.05) is 13.1 Å². The first-order chi connectivity index (χ1) is 15.1. The minimum atomic E-state index is -0.359. The number of nitrogens with zero attached hydrogens (tertiary/aromatic N) is 4. The molecular weight excluding hydrogens is 426 g/mol. The fourth-order valence-corrected chi connectivity index (χ4v) is 5.83. The Morgan fingerprint density at radius 3 is 2.75 bits per heavy atom. The third kappa shape index (κ3) is 4.02. The molecule has 1 amide bonds. The molecule has 2 heterocycles. The van der Waals surface area contributed by atoms with Crippen molar-refractivity contribution in [1.29, 1.82) is 5.26 Å². The number of halogens is 1. The Hall–Kier alpha value is -2.43. The Morgan fingerprint density at radius 1 is 1.38 bits per heavy atom. The summed E-state index contributed by atoms with van der Waals surface area (Å²) < 4.78 is 8.22. The van der Waals surface area contributed by atoms with Crippen molar-refractivity contribution < 1.29 is 9.53 Å². The number of amides is 1. The number of nitrogens with one attached hydrogen (secondary N) is 1. The van der Waals surface area contributed by atoms with Crippen molar-refractivity contribution in [1.82, 2.24) is 15.1 Å². The van der Waals surface area contributed by atoms with Gasteiger partial charge in [-0.15, -0.1) is 11.6 Å². The van der Waals surface area contributed by atoms with Crippen LogP contribution in [0, 0.1) is 28.1 Å². The van der Waals surface area contributed by atoms with Gasteiger partial charge in [0.05, 0.1) is 35.0 Å². The minimum Gasteiger partial charge on any atom is -0.494 e. The number of alkyl halides is 1. The van der Waals surface area contributed by atoms with E-state index in [1.54, 1.807) is 24.7 Å². The van der Waals surface area contributed by atoms with Crippen molar-refractivity contribution >= 4 is 23.7 Å². The van der Waals surface area contributed by atoms with Gasteiger partial charge in [0.25, 0.3) is 5.91 Å². The van der Waals surface area contributed by atoms with Crippen molar-refractivity contribution in [3.8, 4) is 6.07 Å². The number of hydrogen-bond donors (Lipinski definition) is 1. The highest BCUT2D eigenvalue weighted by molar-refractivity contribution is 6.23. The second kappa shape index (κ2) is 8.49. The van der Waals surface area contributed by atoms with E-state index in [4.69, 9.17) is 21.6 Å². The van der Waals surface area contributed by atoms with E-state index in [2.05, 4.69) is 49.2 Å². The molecule has 0 bridgehead atoms. The summed E-state index contributed by atoms with van der Waals surface area (Å²) >= 11 is 6.30. The topological polar surface area (TPSA) is 92.3 Å². The van der Waals surface area contributed by atoms with E-state index < -0.39 is 0 Å². The third-order valence-electron chi connectivity index (χ3n) is 7.12. The molecule has 2 aliphatic carbocycles. The Bertz CT molecular complexity index is 1010. The minimum absolute atomic E-state index is 0.0636. The van der Waals surface area contributed by atoms with Crippen molar-refractivity contribution in [3.05, 3.63) is 41.4 Å². The first-order valence-electron chi connectivity index (χ1n) is 11.1. The predicted octanol–water partition coefficient (Wildman–Crippen LogP) is 4.04. The smallest absolute Gasteiger partial charge is 0.279 e. The number of ether oxygens (including phenoxy) is 1. The zero-order valence-electron chi connectivity index (χ0n) is 19.0. The molecule has 2 fully saturated rings. The van der Waals surface area contributed by atoms with Gasteiger partial charge in [-0.1, -0.05) is 27.7 Å². The molecule has 1 N–H and O–H groups in total. The first-order valence-corrected chi connectivity index (χ1v) is 11.5. The predicted molar refractivity (Wildman–Crippen MR) is 124 cm³/mol. The van der Waals surface area contributed by atoms with Crippen LogP contribution in [0.25, 0.3) is 0 Å². The van der Waals surface area contributed by atoms with Gasteiger partial charge in [0.1, 0.15) is 6.10 Å². The summed E-state index contributed by atoms with van der Waals surface area (Å²) in [4.78, 5) is 17.0. The van der Waals surface area contributed by atoms with E-state index in [9.17, 15) is 4.79 Å². The molecule has 0 aromatic carbocycles. The fraction of sp³-hybridized carbons (Fsp3) is 0.583. The van der Waals surface area contributed by atoms with E-state index in [-0.39, 0.29) is 34.1 Å². The highest BCUT2D eigenvalue weighted by atomic mass is 35.5. The van der Waals surface area contributed by atoms with Gasteiger partial charge < -0.3 is 10.1 Å². The molecule has 170 valence electrons. The molecule has 0 spiro atoms. The molecule has 32 heavy (non-hydrogen) atoms. The van der Waals surface area contributed by atoms with E-state index in [0.29, 0.717) is 23.6 Å². The van der Waals surface area contributed by atoms with Gasteiger partial charge >= 0.3 is 0 Å². The molecule has 3 aliphatic rings. The lowest BCUT2D eigenvalue weighted by Gasteiger charge is -2.62. The van der Waals surface area contributed by atoms with Crippen LogP contribution in [0.5, 0.6) is 0 Å². The van der Waals surface area contributed by atoms with Gasteiger partial charge in [-0.2, -0.15) is 10.4 Å². The zero-order valence-corrected chi connectivity index (χ0v) is 19.8. The monoisotopic (exact) mass is 455 g/mol. The Morgan fingerprint density at radius 2 is 2.12 bits per heavy atom. The molecule has 2 unspecified atom stereocenters. The molecular formula is C24H30ClN5O2. The molecule has 2 atom stereocenters. The molecule has 1 saturated heterocycles. The van der Waals surface area contributed by atoms with E-state index in [0.717, 1.165) is 25.3 Å². The highest BCUT2D eigenvalue weighted by Crippen LogP contribution is 2.60. The second-order valence-corrected chi connectivity index (χ2v) is 10.6. The van der Waals surface area contributed by atoms with E-state index in [1.807, 2.05) is 10.8 Å². The van der Waals surface area contributed by atoms with Gasteiger partial charge in [-0.05, 0) is 25.1 Å². The summed E-state index contributed by atoms with van der Waals surface area (Å²) in [5, 5.41) is 16.4. The standard InChI is InChI=1S/C24H30ClN5O2/c1-23(2)20(13-28-21(31)16-11-29-30(14-16)17-7-8-27-12-17)24(3,4)22(23)32-18-6-5-15(10-26)19(25)9-18/h5-6,11,13-14,17,19-20,22,27H,7-9,12H2,1-4H3. The Kier molecular flexibility index (Phi) is 6.04. The molecule has 0 radical (unpaired) electrons. The quantitative estimate of drug-likeness (QED) is 0.534. The maximum Gasteiger partial charge on any atom is 0.279 e. The number of carbonyl (C=O) groups is 1. The van der Waals surface area contributed by atoms with Crippen LogP contribution in [0.4, 0.5) is 0 Å². The largest absolute Gasteiger partial charge is 0.494 e. The molecule has 4 rings (SSSR count). The summed E-state index contributed by atoms with van der Waals surface area (Å²) in [5.41, 5.74) is 0.641. The van der Waals surface area contributed by atoms with Crippen LogP contribution in [0.15, 0.2) is 40.9 Å². The maximum absolute atomic E-state index is 12.7. The lowest BCUT2D eigenvalue weighted by molar-refractivity contribution is -0.193. The lowest BCUT2D eigenvalue weighted by Crippen LogP contribution is -2.65. The number of allylic oxidation sites excluding steroid dienone is 4. The summed E-state index contributed by atoms with van der Waals surface area (Å²) in [6.45, 7) is 10.4. The first kappa shape index (κ1) is 22.8. The third-order valence-corrected chi connectivity index (χ3v) is 7.51. The van der Waals surface area contributed by atoms with Crippen molar-refractivity contribution in [2.45, 2.75) is 58.1 Å². The zero-order chi connectivity index (χ0) is 23.1. The number of rotatable bonds is 5. The van der Waals surface area contributed by atoms with Gasteiger partial charge in [-0.3, -0.25) is 9.48 Å². The van der Waals surface area contributed by atoms with Gasteiger partial charge in [0, 0.05) is 47.7 Å². The van der Waals surface area contributed by atoms with E-state index in [1.165, 1.54) is 0 Å². The van der Waals surface area contributed by atoms with Crippen LogP contribution in [0.3, 0.4) is 0 Å². The van der Waals surface area contributed by atoms with Crippen LogP contribution in [0.2, 0.25) is 0 Å². The van der Waals surface area contributed by atoms with Gasteiger partial charge in [0.15, 0.2) is 0 Å². The number of carbonyl (C=O) groups excluding carboxylic acids is 1. The van der Waals surface area contributed by atoms with Crippen LogP contribution in [-0.2, 0) is 4.74 Å². The molecule has 1 aliphatic heterocycles. The molecule has 8 heteroatoms. The fourth-order valence-electron chi connectivity index (χ4n) is 5.55. The second-order valence-electron chi connectivity index (χ2n) is 10.1. The summed E-state index contributed by atoms with van der Waals surface area (Å²) in [7, 11) is 0. The summed E-state index contributed by atoms with van der Waals surface area (Å²) in [6, 6.07) is 2.42. The SMILES string of the molecule is CC1(C)C(C=NC(=O)c2cnn(C3CCNC3)c2)C(C)(C)C1OC1=CC=C(C#N)C(Cl)C1. The number of aromatic nitrogens is 2. The van der Waals surface area contributed by atoms with Crippen LogP contribution in [-0.4, -0.2) is 46.5 Å². The molecule has 7 nitrogen and oxygen atoms in total. The van der Waals surface area contributed by atoms with Crippen LogP contribution < -0.4 is 5.32 Å². The Labute approximate surface area is 194 Å². The lowest BCUT2D eigenvalue weighted by atomic mass is 9.46. The summed E-state index contributed by atoms with van der Waals surface area (Å²) in [5.74, 6) is 0.585.